The van der Waals surface area contributed by atoms with Gasteiger partial charge in [0.15, 0.2) is 12.2 Å². The van der Waals surface area contributed by atoms with Crippen molar-refractivity contribution in [2.75, 3.05) is 44.4 Å². The highest BCUT2D eigenvalue weighted by Crippen LogP contribution is 2.26. The van der Waals surface area contributed by atoms with Crippen LogP contribution < -0.4 is 15.0 Å². The largest absolute Gasteiger partial charge is 0.470 e. The molecule has 4 atom stereocenters. The van der Waals surface area contributed by atoms with Crippen LogP contribution >= 0.6 is 11.7 Å². The molecule has 0 amide bonds. The van der Waals surface area contributed by atoms with Gasteiger partial charge in [0.1, 0.15) is 18.8 Å². The van der Waals surface area contributed by atoms with E-state index in [-0.39, 0.29) is 18.7 Å². The molecular formula is C22H36N4O9S. The first-order chi connectivity index (χ1) is 16.9. The number of aromatic nitrogens is 2. The standard InChI is InChI=1S/C22H36N4O9S/c1-13(27)19(28)33-14(2)20(29)34-15(3)21(30)35-16(11-23-22(4,5)6)12-32-18-17(24-36-25-18)26-7-9-31-10-8-26/h13-16,23,27H,7-12H2,1-6H3. The molecule has 0 spiro atoms. The van der Waals surface area contributed by atoms with Crippen molar-refractivity contribution in [2.24, 2.45) is 0 Å². The molecule has 1 aliphatic heterocycles. The topological polar surface area (TPSA) is 159 Å². The molecule has 1 aromatic rings. The van der Waals surface area contributed by atoms with Crippen LogP contribution in [0.5, 0.6) is 5.88 Å². The van der Waals surface area contributed by atoms with Gasteiger partial charge in [-0.1, -0.05) is 0 Å². The molecule has 204 valence electrons. The molecule has 0 aliphatic carbocycles. The van der Waals surface area contributed by atoms with Gasteiger partial charge < -0.3 is 39.0 Å². The van der Waals surface area contributed by atoms with Crippen LogP contribution in [0.25, 0.3) is 0 Å². The maximum absolute atomic E-state index is 12.7. The molecule has 1 aromatic heterocycles. The van der Waals surface area contributed by atoms with Crippen molar-refractivity contribution in [3.8, 4) is 5.88 Å². The number of carbonyl (C=O) groups is 3. The molecule has 1 aliphatic rings. The highest BCUT2D eigenvalue weighted by Gasteiger charge is 2.29. The number of hydrogen-bond acceptors (Lipinski definition) is 14. The highest BCUT2D eigenvalue weighted by atomic mass is 32.1. The molecule has 14 heteroatoms. The third kappa shape index (κ3) is 9.84. The molecule has 36 heavy (non-hydrogen) atoms. The van der Waals surface area contributed by atoms with E-state index in [2.05, 4.69) is 14.1 Å². The molecule has 4 unspecified atom stereocenters. The minimum Gasteiger partial charge on any atom is -0.470 e. The van der Waals surface area contributed by atoms with Crippen LogP contribution in [-0.4, -0.2) is 101 Å². The average Bonchev–Trinajstić information content (AvgIpc) is 3.29. The van der Waals surface area contributed by atoms with Crippen molar-refractivity contribution in [1.29, 1.82) is 0 Å². The van der Waals surface area contributed by atoms with Crippen molar-refractivity contribution in [3.63, 3.8) is 0 Å². The Morgan fingerprint density at radius 2 is 1.61 bits per heavy atom. The second-order valence-corrected chi connectivity index (χ2v) is 9.86. The Labute approximate surface area is 214 Å². The number of anilines is 1. The lowest BCUT2D eigenvalue weighted by Gasteiger charge is -2.28. The van der Waals surface area contributed by atoms with Crippen LogP contribution in [0.4, 0.5) is 5.82 Å². The molecule has 0 saturated carbocycles. The minimum atomic E-state index is -1.39. The summed E-state index contributed by atoms with van der Waals surface area (Å²) < 4.78 is 35.2. The summed E-state index contributed by atoms with van der Waals surface area (Å²) in [5.41, 5.74) is -0.257. The second kappa shape index (κ2) is 13.7. The summed E-state index contributed by atoms with van der Waals surface area (Å²) in [6.07, 6.45) is -4.70. The predicted octanol–water partition coefficient (Wildman–Crippen LogP) is 0.298. The van der Waals surface area contributed by atoms with Gasteiger partial charge in [0.2, 0.25) is 5.82 Å². The molecule has 0 aromatic carbocycles. The molecule has 13 nitrogen and oxygen atoms in total. The smallest absolute Gasteiger partial charge is 0.347 e. The lowest BCUT2D eigenvalue weighted by molar-refractivity contribution is -0.181. The van der Waals surface area contributed by atoms with E-state index < -0.39 is 42.3 Å². The summed E-state index contributed by atoms with van der Waals surface area (Å²) in [5, 5.41) is 12.5. The van der Waals surface area contributed by atoms with E-state index in [1.54, 1.807) is 0 Å². The van der Waals surface area contributed by atoms with Crippen LogP contribution in [0.3, 0.4) is 0 Å². The molecule has 2 heterocycles. The Hall–Kier alpha value is -2.55. The average molecular weight is 533 g/mol. The maximum atomic E-state index is 12.7. The first kappa shape index (κ1) is 29.7. The molecule has 2 rings (SSSR count). The number of hydrogen-bond donors (Lipinski definition) is 2. The molecule has 2 N–H and O–H groups in total. The summed E-state index contributed by atoms with van der Waals surface area (Å²) in [5.74, 6) is -1.77. The number of aliphatic hydroxyl groups is 1. The molecular weight excluding hydrogens is 496 g/mol. The van der Waals surface area contributed by atoms with E-state index in [4.69, 9.17) is 23.7 Å². The van der Waals surface area contributed by atoms with Crippen molar-refractivity contribution >= 4 is 35.5 Å². The normalized spacial score (nSPS) is 17.5. The fourth-order valence-electron chi connectivity index (χ4n) is 2.86. The monoisotopic (exact) mass is 532 g/mol. The number of carbonyl (C=O) groups excluding carboxylic acids is 3. The van der Waals surface area contributed by atoms with E-state index in [1.807, 2.05) is 25.7 Å². The Morgan fingerprint density at radius 1 is 1.03 bits per heavy atom. The van der Waals surface area contributed by atoms with Gasteiger partial charge in [-0.15, -0.1) is 4.37 Å². The van der Waals surface area contributed by atoms with Crippen molar-refractivity contribution in [2.45, 2.75) is 71.5 Å². The Morgan fingerprint density at radius 3 is 2.19 bits per heavy atom. The van der Waals surface area contributed by atoms with E-state index in [9.17, 15) is 19.5 Å². The first-order valence-electron chi connectivity index (χ1n) is 11.7. The number of nitrogens with one attached hydrogen (secondary N) is 1. The molecule has 1 fully saturated rings. The van der Waals surface area contributed by atoms with Crippen LogP contribution in [0, 0.1) is 0 Å². The Bertz CT molecular complexity index is 868. The van der Waals surface area contributed by atoms with Gasteiger partial charge in [0.05, 0.1) is 24.9 Å². The zero-order chi connectivity index (χ0) is 26.9. The van der Waals surface area contributed by atoms with E-state index in [0.29, 0.717) is 38.0 Å². The maximum Gasteiger partial charge on any atom is 0.347 e. The zero-order valence-electron chi connectivity index (χ0n) is 21.5. The molecule has 0 radical (unpaired) electrons. The van der Waals surface area contributed by atoms with Crippen LogP contribution in [0.15, 0.2) is 0 Å². The third-order valence-electron chi connectivity index (χ3n) is 4.89. The number of rotatable bonds is 12. The lowest BCUT2D eigenvalue weighted by Crippen LogP contribution is -2.45. The van der Waals surface area contributed by atoms with Crippen molar-refractivity contribution in [1.82, 2.24) is 14.1 Å². The zero-order valence-corrected chi connectivity index (χ0v) is 22.3. The van der Waals surface area contributed by atoms with Gasteiger partial charge in [-0.3, -0.25) is 0 Å². The minimum absolute atomic E-state index is 0.0133. The van der Waals surface area contributed by atoms with Crippen molar-refractivity contribution < 1.29 is 43.2 Å². The lowest BCUT2D eigenvalue weighted by atomic mass is 10.1. The predicted molar refractivity (Wildman–Crippen MR) is 129 cm³/mol. The first-order valence-corrected chi connectivity index (χ1v) is 12.4. The van der Waals surface area contributed by atoms with Gasteiger partial charge in [-0.2, -0.15) is 4.37 Å². The summed E-state index contributed by atoms with van der Waals surface area (Å²) in [7, 11) is 0. The summed E-state index contributed by atoms with van der Waals surface area (Å²) in [6.45, 7) is 12.5. The van der Waals surface area contributed by atoms with E-state index in [0.717, 1.165) is 11.7 Å². The second-order valence-electron chi connectivity index (χ2n) is 9.33. The SMILES string of the molecule is CC(O)C(=O)OC(C)C(=O)OC(C)C(=O)OC(CNC(C)(C)C)COc1nsnc1N1CCOCC1. The van der Waals surface area contributed by atoms with Gasteiger partial charge >= 0.3 is 17.9 Å². The Balaban J connectivity index is 1.97. The number of aliphatic hydroxyl groups excluding tert-OH is 1. The van der Waals surface area contributed by atoms with E-state index in [1.165, 1.54) is 20.8 Å². The summed E-state index contributed by atoms with van der Waals surface area (Å²) >= 11 is 1.02. The van der Waals surface area contributed by atoms with Gasteiger partial charge in [0, 0.05) is 25.2 Å². The van der Waals surface area contributed by atoms with Gasteiger partial charge in [-0.25, -0.2) is 14.4 Å². The van der Waals surface area contributed by atoms with Crippen molar-refractivity contribution in [3.05, 3.63) is 0 Å². The van der Waals surface area contributed by atoms with Gasteiger partial charge in [0.25, 0.3) is 5.88 Å². The van der Waals surface area contributed by atoms with E-state index >= 15 is 0 Å². The molecule has 0 bridgehead atoms. The summed E-state index contributed by atoms with van der Waals surface area (Å²) in [4.78, 5) is 38.3. The fourth-order valence-corrected chi connectivity index (χ4v) is 3.38. The third-order valence-corrected chi connectivity index (χ3v) is 5.39. The number of morpholine rings is 1. The quantitative estimate of drug-likeness (QED) is 0.280. The highest BCUT2D eigenvalue weighted by molar-refractivity contribution is 6.99. The van der Waals surface area contributed by atoms with Gasteiger partial charge in [-0.05, 0) is 41.5 Å². The summed E-state index contributed by atoms with van der Waals surface area (Å²) in [6, 6.07) is 0. The Kier molecular flexibility index (Phi) is 11.3. The van der Waals surface area contributed by atoms with Crippen LogP contribution in [-0.2, 0) is 33.3 Å². The van der Waals surface area contributed by atoms with Crippen LogP contribution in [0.1, 0.15) is 41.5 Å². The van der Waals surface area contributed by atoms with Crippen LogP contribution in [0.2, 0.25) is 0 Å². The fraction of sp³-hybridized carbons (Fsp3) is 0.773. The number of ether oxygens (including phenoxy) is 5. The number of nitrogens with zero attached hydrogens (tertiary/aromatic N) is 3. The molecule has 1 saturated heterocycles. The number of esters is 3.